The highest BCUT2D eigenvalue weighted by atomic mass is 32.2. The third kappa shape index (κ3) is 5.13. The predicted molar refractivity (Wildman–Crippen MR) is 80.0 cm³/mol. The average molecular weight is 265 g/mol. The largest absolute Gasteiger partial charge is 0.347 e. The maximum Gasteiger partial charge on any atom is 0.279 e. The summed E-state index contributed by atoms with van der Waals surface area (Å²) in [5.41, 5.74) is 1.18. The Morgan fingerprint density at radius 1 is 1.22 bits per heavy atom. The molecule has 1 aromatic rings. The van der Waals surface area contributed by atoms with Crippen LogP contribution in [0, 0.1) is 0 Å². The lowest BCUT2D eigenvalue weighted by Gasteiger charge is -2.23. The minimum atomic E-state index is -0.184. The molecule has 1 aromatic carbocycles. The molecule has 1 rings (SSSR count). The van der Waals surface area contributed by atoms with Crippen LogP contribution in [0.2, 0.25) is 0 Å². The highest BCUT2D eigenvalue weighted by Crippen LogP contribution is 2.35. The van der Waals surface area contributed by atoms with E-state index in [1.807, 2.05) is 18.2 Å². The van der Waals surface area contributed by atoms with Crippen LogP contribution in [0.25, 0.3) is 0 Å². The fraction of sp³-hybridized carbons (Fsp3) is 0.533. The second kappa shape index (κ2) is 7.47. The Kier molecular flexibility index (Phi) is 6.27. The standard InChI is InChI=1S/C15H23NOS/c1-4-5-9-12-16-14(17)18-15(2,3)13-10-7-6-8-11-13/h6-8,10-11H,4-5,9,12H2,1-3H3,(H,16,17). The minimum Gasteiger partial charge on any atom is -0.347 e. The highest BCUT2D eigenvalue weighted by molar-refractivity contribution is 8.14. The number of unbranched alkanes of at least 4 members (excludes halogenated alkanes) is 2. The van der Waals surface area contributed by atoms with Gasteiger partial charge in [-0.05, 0) is 25.8 Å². The van der Waals surface area contributed by atoms with Gasteiger partial charge in [0.15, 0.2) is 0 Å². The van der Waals surface area contributed by atoms with Crippen molar-refractivity contribution in [2.24, 2.45) is 0 Å². The van der Waals surface area contributed by atoms with Gasteiger partial charge in [0.25, 0.3) is 5.24 Å². The zero-order chi connectivity index (χ0) is 13.4. The van der Waals surface area contributed by atoms with Crippen molar-refractivity contribution in [3.05, 3.63) is 35.9 Å². The van der Waals surface area contributed by atoms with Gasteiger partial charge < -0.3 is 5.32 Å². The molecule has 0 atom stereocenters. The first-order chi connectivity index (χ1) is 8.56. The van der Waals surface area contributed by atoms with Crippen LogP contribution >= 0.6 is 11.8 Å². The van der Waals surface area contributed by atoms with E-state index < -0.39 is 0 Å². The molecule has 1 N–H and O–H groups in total. The molecule has 0 radical (unpaired) electrons. The first kappa shape index (κ1) is 15.1. The van der Waals surface area contributed by atoms with Crippen molar-refractivity contribution < 1.29 is 4.79 Å². The Labute approximate surface area is 115 Å². The molecule has 100 valence electrons. The molecule has 3 heteroatoms. The van der Waals surface area contributed by atoms with Crippen LogP contribution in [0.5, 0.6) is 0 Å². The smallest absolute Gasteiger partial charge is 0.279 e. The van der Waals surface area contributed by atoms with Crippen molar-refractivity contribution in [2.75, 3.05) is 6.54 Å². The van der Waals surface area contributed by atoms with Crippen molar-refractivity contribution >= 4 is 17.0 Å². The molecule has 18 heavy (non-hydrogen) atoms. The number of amides is 1. The Hall–Kier alpha value is -0.960. The van der Waals surface area contributed by atoms with E-state index in [4.69, 9.17) is 0 Å². The number of nitrogens with one attached hydrogen (secondary N) is 1. The maximum atomic E-state index is 11.8. The summed E-state index contributed by atoms with van der Waals surface area (Å²) in [4.78, 5) is 11.8. The summed E-state index contributed by atoms with van der Waals surface area (Å²) in [5.74, 6) is 0. The van der Waals surface area contributed by atoms with E-state index >= 15 is 0 Å². The second-order valence-electron chi connectivity index (χ2n) is 4.90. The monoisotopic (exact) mass is 265 g/mol. The molecule has 1 amide bonds. The predicted octanol–water partition coefficient (Wildman–Crippen LogP) is 4.55. The van der Waals surface area contributed by atoms with Gasteiger partial charge in [-0.2, -0.15) is 0 Å². The van der Waals surface area contributed by atoms with Gasteiger partial charge in [-0.25, -0.2) is 0 Å². The summed E-state index contributed by atoms with van der Waals surface area (Å²) in [7, 11) is 0. The van der Waals surface area contributed by atoms with Gasteiger partial charge in [-0.1, -0.05) is 61.9 Å². The fourth-order valence-corrected chi connectivity index (χ4v) is 2.62. The third-order valence-corrected chi connectivity index (χ3v) is 3.94. The summed E-state index contributed by atoms with van der Waals surface area (Å²) in [6.07, 6.45) is 3.42. The zero-order valence-electron chi connectivity index (χ0n) is 11.5. The van der Waals surface area contributed by atoms with Gasteiger partial charge in [-0.15, -0.1) is 0 Å². The average Bonchev–Trinajstić information content (AvgIpc) is 2.35. The van der Waals surface area contributed by atoms with Crippen LogP contribution in [0.3, 0.4) is 0 Å². The summed E-state index contributed by atoms with van der Waals surface area (Å²) in [5, 5.41) is 3.04. The van der Waals surface area contributed by atoms with Gasteiger partial charge in [0, 0.05) is 11.3 Å². The number of benzene rings is 1. The van der Waals surface area contributed by atoms with Crippen molar-refractivity contribution in [2.45, 2.75) is 44.8 Å². The van der Waals surface area contributed by atoms with E-state index in [2.05, 4.69) is 38.2 Å². The second-order valence-corrected chi connectivity index (χ2v) is 6.50. The molecule has 2 nitrogen and oxygen atoms in total. The van der Waals surface area contributed by atoms with Gasteiger partial charge in [0.05, 0.1) is 0 Å². The zero-order valence-corrected chi connectivity index (χ0v) is 12.3. The summed E-state index contributed by atoms with van der Waals surface area (Å²) >= 11 is 1.36. The summed E-state index contributed by atoms with van der Waals surface area (Å²) in [6.45, 7) is 7.11. The molecule has 0 bridgehead atoms. The lowest BCUT2D eigenvalue weighted by molar-refractivity contribution is 0.260. The molecule has 0 fully saturated rings. The molecule has 0 saturated heterocycles. The number of carbonyl (C=O) groups is 1. The SMILES string of the molecule is CCCCCNC(=O)SC(C)(C)c1ccccc1. The van der Waals surface area contributed by atoms with E-state index in [0.29, 0.717) is 0 Å². The topological polar surface area (TPSA) is 29.1 Å². The lowest BCUT2D eigenvalue weighted by Crippen LogP contribution is -2.25. The molecule has 0 saturated carbocycles. The molecule has 0 aromatic heterocycles. The molecule has 0 aliphatic rings. The fourth-order valence-electron chi connectivity index (χ4n) is 1.73. The third-order valence-electron chi connectivity index (χ3n) is 2.87. The van der Waals surface area contributed by atoms with Gasteiger partial charge in [0.1, 0.15) is 0 Å². The summed E-state index contributed by atoms with van der Waals surface area (Å²) < 4.78 is -0.184. The van der Waals surface area contributed by atoms with Crippen LogP contribution in [0.4, 0.5) is 4.79 Å². The van der Waals surface area contributed by atoms with E-state index in [0.717, 1.165) is 13.0 Å². The van der Waals surface area contributed by atoms with Crippen LogP contribution < -0.4 is 5.32 Å². The Morgan fingerprint density at radius 2 is 1.89 bits per heavy atom. The van der Waals surface area contributed by atoms with E-state index in [1.54, 1.807) is 0 Å². The first-order valence-corrected chi connectivity index (χ1v) is 7.40. The van der Waals surface area contributed by atoms with Crippen molar-refractivity contribution in [1.29, 1.82) is 0 Å². The molecule has 0 aliphatic carbocycles. The maximum absolute atomic E-state index is 11.8. The normalized spacial score (nSPS) is 11.3. The molecular formula is C15H23NOS. The van der Waals surface area contributed by atoms with Gasteiger partial charge in [-0.3, -0.25) is 4.79 Å². The van der Waals surface area contributed by atoms with Crippen molar-refractivity contribution in [1.82, 2.24) is 5.32 Å². The van der Waals surface area contributed by atoms with E-state index in [-0.39, 0.29) is 9.99 Å². The Morgan fingerprint density at radius 3 is 2.50 bits per heavy atom. The minimum absolute atomic E-state index is 0.0694. The van der Waals surface area contributed by atoms with E-state index in [9.17, 15) is 4.79 Å². The van der Waals surface area contributed by atoms with Crippen LogP contribution in [0.15, 0.2) is 30.3 Å². The first-order valence-electron chi connectivity index (χ1n) is 6.58. The summed E-state index contributed by atoms with van der Waals surface area (Å²) in [6, 6.07) is 10.2. The molecule has 0 aliphatic heterocycles. The van der Waals surface area contributed by atoms with Crippen LogP contribution in [-0.4, -0.2) is 11.8 Å². The van der Waals surface area contributed by atoms with Gasteiger partial charge in [0.2, 0.25) is 0 Å². The Bertz CT molecular complexity index is 362. The quantitative estimate of drug-likeness (QED) is 0.764. The molecule has 0 unspecified atom stereocenters. The van der Waals surface area contributed by atoms with E-state index in [1.165, 1.54) is 30.2 Å². The molecular weight excluding hydrogens is 242 g/mol. The molecule has 0 heterocycles. The van der Waals surface area contributed by atoms with Crippen molar-refractivity contribution in [3.63, 3.8) is 0 Å². The van der Waals surface area contributed by atoms with Crippen LogP contribution in [-0.2, 0) is 4.75 Å². The van der Waals surface area contributed by atoms with Crippen molar-refractivity contribution in [3.8, 4) is 0 Å². The Balaban J connectivity index is 2.43. The number of thioether (sulfide) groups is 1. The number of hydrogen-bond donors (Lipinski definition) is 1. The lowest BCUT2D eigenvalue weighted by atomic mass is 10.0. The highest BCUT2D eigenvalue weighted by Gasteiger charge is 2.24. The number of hydrogen-bond acceptors (Lipinski definition) is 2. The molecule has 0 spiro atoms. The number of rotatable bonds is 6. The van der Waals surface area contributed by atoms with Gasteiger partial charge >= 0.3 is 0 Å². The number of carbonyl (C=O) groups excluding carboxylic acids is 1. The van der Waals surface area contributed by atoms with Crippen LogP contribution in [0.1, 0.15) is 45.6 Å².